The third-order valence-electron chi connectivity index (χ3n) is 3.18. The highest BCUT2D eigenvalue weighted by Gasteiger charge is 2.16. The first kappa shape index (κ1) is 18.6. The zero-order chi connectivity index (χ0) is 17.4. The highest BCUT2D eigenvalue weighted by atomic mass is 16.2. The number of nitrogens with zero attached hydrogens (tertiary/aromatic N) is 1. The highest BCUT2D eigenvalue weighted by Crippen LogP contribution is 2.11. The smallest absolute Gasteiger partial charge is 0.251 e. The number of hydrogen-bond donors (Lipinski definition) is 3. The van der Waals surface area contributed by atoms with Crippen LogP contribution in [-0.2, 0) is 9.59 Å². The summed E-state index contributed by atoms with van der Waals surface area (Å²) in [4.78, 5) is 36.6. The van der Waals surface area contributed by atoms with Gasteiger partial charge in [-0.25, -0.2) is 0 Å². The van der Waals surface area contributed by atoms with Crippen molar-refractivity contribution in [3.8, 4) is 0 Å². The Morgan fingerprint density at radius 1 is 1.22 bits per heavy atom. The minimum absolute atomic E-state index is 0.00918. The lowest BCUT2D eigenvalue weighted by Gasteiger charge is -2.24. The SMILES string of the molecule is CCNC(=O)c1cccc(NC(=O)CN(CC(N)=O)C(C)C)c1. The Kier molecular flexibility index (Phi) is 7.21. The van der Waals surface area contributed by atoms with Gasteiger partial charge in [0, 0.05) is 23.8 Å². The Balaban J connectivity index is 2.71. The van der Waals surface area contributed by atoms with Crippen molar-refractivity contribution in [2.45, 2.75) is 26.8 Å². The van der Waals surface area contributed by atoms with Gasteiger partial charge in [0.25, 0.3) is 5.91 Å². The molecule has 126 valence electrons. The molecule has 0 bridgehead atoms. The molecule has 4 N–H and O–H groups in total. The molecular weight excluding hydrogens is 296 g/mol. The van der Waals surface area contributed by atoms with Crippen molar-refractivity contribution in [3.63, 3.8) is 0 Å². The predicted molar refractivity (Wildman–Crippen MR) is 89.0 cm³/mol. The van der Waals surface area contributed by atoms with E-state index in [-0.39, 0.29) is 30.9 Å². The number of nitrogens with one attached hydrogen (secondary N) is 2. The number of primary amides is 1. The molecule has 0 unspecified atom stereocenters. The van der Waals surface area contributed by atoms with Crippen LogP contribution in [0.15, 0.2) is 24.3 Å². The van der Waals surface area contributed by atoms with Crippen LogP contribution in [0.1, 0.15) is 31.1 Å². The second-order valence-electron chi connectivity index (χ2n) is 5.45. The van der Waals surface area contributed by atoms with Crippen LogP contribution < -0.4 is 16.4 Å². The van der Waals surface area contributed by atoms with Crippen molar-refractivity contribution in [3.05, 3.63) is 29.8 Å². The van der Waals surface area contributed by atoms with Gasteiger partial charge in [0.15, 0.2) is 0 Å². The molecule has 23 heavy (non-hydrogen) atoms. The van der Waals surface area contributed by atoms with E-state index in [9.17, 15) is 14.4 Å². The van der Waals surface area contributed by atoms with Gasteiger partial charge in [0.1, 0.15) is 0 Å². The summed E-state index contributed by atoms with van der Waals surface area (Å²) >= 11 is 0. The number of carbonyl (C=O) groups is 3. The van der Waals surface area contributed by atoms with Crippen LogP contribution in [0.3, 0.4) is 0 Å². The molecule has 0 fully saturated rings. The fourth-order valence-corrected chi connectivity index (χ4v) is 2.01. The van der Waals surface area contributed by atoms with Crippen LogP contribution in [0.5, 0.6) is 0 Å². The van der Waals surface area contributed by atoms with Crippen molar-refractivity contribution in [1.82, 2.24) is 10.2 Å². The summed E-state index contributed by atoms with van der Waals surface area (Å²) in [6.45, 7) is 6.20. The molecule has 1 aromatic rings. The molecule has 7 nitrogen and oxygen atoms in total. The van der Waals surface area contributed by atoms with E-state index >= 15 is 0 Å². The topological polar surface area (TPSA) is 105 Å². The Labute approximate surface area is 136 Å². The molecule has 0 heterocycles. The number of hydrogen-bond acceptors (Lipinski definition) is 4. The third-order valence-corrected chi connectivity index (χ3v) is 3.18. The molecule has 0 aliphatic rings. The molecule has 0 aromatic heterocycles. The molecule has 0 saturated heterocycles. The normalized spacial score (nSPS) is 10.7. The molecule has 0 radical (unpaired) electrons. The quantitative estimate of drug-likeness (QED) is 0.651. The summed E-state index contributed by atoms with van der Waals surface area (Å²) in [5.74, 6) is -0.945. The van der Waals surface area contributed by atoms with Gasteiger partial charge in [0.2, 0.25) is 11.8 Å². The number of amides is 3. The first-order chi connectivity index (χ1) is 10.8. The van der Waals surface area contributed by atoms with Gasteiger partial charge in [-0.1, -0.05) is 6.07 Å². The zero-order valence-corrected chi connectivity index (χ0v) is 13.8. The van der Waals surface area contributed by atoms with Gasteiger partial charge in [-0.15, -0.1) is 0 Å². The second kappa shape index (κ2) is 8.89. The van der Waals surface area contributed by atoms with Crippen LogP contribution >= 0.6 is 0 Å². The average Bonchev–Trinajstić information content (AvgIpc) is 2.46. The lowest BCUT2D eigenvalue weighted by atomic mass is 10.2. The van der Waals surface area contributed by atoms with E-state index in [0.717, 1.165) is 0 Å². The predicted octanol–water partition coefficient (Wildman–Crippen LogP) is 0.571. The second-order valence-corrected chi connectivity index (χ2v) is 5.45. The summed E-state index contributed by atoms with van der Waals surface area (Å²) in [7, 11) is 0. The molecule has 0 saturated carbocycles. The molecule has 0 atom stereocenters. The average molecular weight is 320 g/mol. The molecule has 3 amide bonds. The molecule has 0 aliphatic carbocycles. The Bertz CT molecular complexity index is 572. The minimum Gasteiger partial charge on any atom is -0.369 e. The summed E-state index contributed by atoms with van der Waals surface area (Å²) in [6, 6.07) is 6.69. The largest absolute Gasteiger partial charge is 0.369 e. The fourth-order valence-electron chi connectivity index (χ4n) is 2.01. The van der Waals surface area contributed by atoms with E-state index in [2.05, 4.69) is 10.6 Å². The summed E-state index contributed by atoms with van der Waals surface area (Å²) < 4.78 is 0. The molecule has 0 aliphatic heterocycles. The molecule has 1 aromatic carbocycles. The fraction of sp³-hybridized carbons (Fsp3) is 0.438. The van der Waals surface area contributed by atoms with Gasteiger partial charge in [0.05, 0.1) is 13.1 Å². The Morgan fingerprint density at radius 3 is 2.48 bits per heavy atom. The number of carbonyl (C=O) groups excluding carboxylic acids is 3. The maximum atomic E-state index is 12.1. The first-order valence-electron chi connectivity index (χ1n) is 7.54. The van der Waals surface area contributed by atoms with E-state index < -0.39 is 5.91 Å². The Morgan fingerprint density at radius 2 is 1.91 bits per heavy atom. The number of nitrogens with two attached hydrogens (primary N) is 1. The molecule has 1 rings (SSSR count). The summed E-state index contributed by atoms with van der Waals surface area (Å²) in [6.07, 6.45) is 0. The minimum atomic E-state index is -0.482. The van der Waals surface area contributed by atoms with E-state index in [4.69, 9.17) is 5.73 Å². The van der Waals surface area contributed by atoms with Crippen LogP contribution in [0, 0.1) is 0 Å². The standard InChI is InChI=1S/C16H24N4O3/c1-4-18-16(23)12-6-5-7-13(8-12)19-15(22)10-20(11(2)3)9-14(17)21/h5-8,11H,4,9-10H2,1-3H3,(H2,17,21)(H,18,23)(H,19,22). The van der Waals surface area contributed by atoms with Crippen molar-refractivity contribution >= 4 is 23.4 Å². The van der Waals surface area contributed by atoms with Crippen LogP contribution in [0.25, 0.3) is 0 Å². The van der Waals surface area contributed by atoms with Crippen LogP contribution in [0.2, 0.25) is 0 Å². The van der Waals surface area contributed by atoms with Crippen molar-refractivity contribution in [2.75, 3.05) is 25.0 Å². The summed E-state index contributed by atoms with van der Waals surface area (Å²) in [5, 5.41) is 5.43. The van der Waals surface area contributed by atoms with Crippen molar-refractivity contribution in [2.24, 2.45) is 5.73 Å². The third kappa shape index (κ3) is 6.48. The molecule has 0 spiro atoms. The molecular formula is C16H24N4O3. The zero-order valence-electron chi connectivity index (χ0n) is 13.8. The van der Waals surface area contributed by atoms with Crippen LogP contribution in [0.4, 0.5) is 5.69 Å². The van der Waals surface area contributed by atoms with E-state index in [1.54, 1.807) is 29.2 Å². The van der Waals surface area contributed by atoms with Crippen molar-refractivity contribution < 1.29 is 14.4 Å². The number of rotatable bonds is 8. The van der Waals surface area contributed by atoms with Crippen molar-refractivity contribution in [1.29, 1.82) is 0 Å². The van der Waals surface area contributed by atoms with E-state index in [1.165, 1.54) is 0 Å². The Hall–Kier alpha value is -2.41. The lowest BCUT2D eigenvalue weighted by molar-refractivity contribution is -0.121. The first-order valence-corrected chi connectivity index (χ1v) is 7.54. The monoisotopic (exact) mass is 320 g/mol. The van der Waals surface area contributed by atoms with Gasteiger partial charge < -0.3 is 16.4 Å². The summed E-state index contributed by atoms with van der Waals surface area (Å²) in [5.41, 5.74) is 6.19. The maximum Gasteiger partial charge on any atom is 0.251 e. The number of anilines is 1. The highest BCUT2D eigenvalue weighted by molar-refractivity contribution is 5.97. The van der Waals surface area contributed by atoms with Gasteiger partial charge in [-0.2, -0.15) is 0 Å². The number of benzene rings is 1. The van der Waals surface area contributed by atoms with Crippen LogP contribution in [-0.4, -0.2) is 48.3 Å². The van der Waals surface area contributed by atoms with Gasteiger partial charge in [-0.05, 0) is 39.0 Å². The van der Waals surface area contributed by atoms with E-state index in [0.29, 0.717) is 17.8 Å². The van der Waals surface area contributed by atoms with Gasteiger partial charge >= 0.3 is 0 Å². The van der Waals surface area contributed by atoms with Gasteiger partial charge in [-0.3, -0.25) is 19.3 Å². The maximum absolute atomic E-state index is 12.1. The van der Waals surface area contributed by atoms with E-state index in [1.807, 2.05) is 20.8 Å². The molecule has 7 heteroatoms. The lowest BCUT2D eigenvalue weighted by Crippen LogP contribution is -2.43.